The monoisotopic (exact) mass is 597 g/mol. The number of thioether (sulfide) groups is 1. The van der Waals surface area contributed by atoms with Gasteiger partial charge < -0.3 is 48.5 Å². The van der Waals surface area contributed by atoms with Gasteiger partial charge in [-0.2, -0.15) is 11.8 Å². The third-order valence-corrected chi connectivity index (χ3v) is 6.46. The van der Waals surface area contributed by atoms with Crippen molar-refractivity contribution in [2.75, 3.05) is 18.6 Å². The molecule has 16 heteroatoms. The molecule has 0 saturated heterocycles. The van der Waals surface area contributed by atoms with Crippen molar-refractivity contribution in [2.24, 2.45) is 22.2 Å². The summed E-state index contributed by atoms with van der Waals surface area (Å²) in [6.45, 7) is 0.127. The van der Waals surface area contributed by atoms with Gasteiger partial charge in [-0.25, -0.2) is 4.79 Å². The number of phenolic OH excluding ortho intramolecular Hbond substituents is 1. The average molecular weight is 598 g/mol. The molecule has 3 amide bonds. The van der Waals surface area contributed by atoms with Crippen LogP contribution in [0.25, 0.3) is 0 Å². The zero-order chi connectivity index (χ0) is 30.9. The third-order valence-electron chi connectivity index (χ3n) is 5.81. The highest BCUT2D eigenvalue weighted by molar-refractivity contribution is 7.98. The van der Waals surface area contributed by atoms with Gasteiger partial charge in [-0.15, -0.1) is 0 Å². The number of hydrogen-bond donors (Lipinski definition) is 9. The van der Waals surface area contributed by atoms with Crippen molar-refractivity contribution in [1.82, 2.24) is 16.0 Å². The van der Waals surface area contributed by atoms with E-state index < -0.39 is 60.2 Å². The molecule has 41 heavy (non-hydrogen) atoms. The molecule has 1 aromatic carbocycles. The lowest BCUT2D eigenvalue weighted by molar-refractivity contribution is -0.142. The number of aliphatic carboxylic acids is 2. The Balaban J connectivity index is 3.05. The minimum Gasteiger partial charge on any atom is -0.508 e. The summed E-state index contributed by atoms with van der Waals surface area (Å²) in [7, 11) is 0. The fourth-order valence-corrected chi connectivity index (χ4v) is 4.08. The molecule has 1 rings (SSSR count). The van der Waals surface area contributed by atoms with Gasteiger partial charge in [0.25, 0.3) is 0 Å². The number of aromatic hydroxyl groups is 1. The molecular formula is C25H39N7O8S. The topological polar surface area (TPSA) is 273 Å². The number of benzene rings is 1. The molecule has 12 N–H and O–H groups in total. The first-order chi connectivity index (χ1) is 19.3. The number of nitrogens with two attached hydrogens (primary N) is 3. The van der Waals surface area contributed by atoms with Crippen LogP contribution in [0.1, 0.15) is 37.7 Å². The van der Waals surface area contributed by atoms with Gasteiger partial charge in [0.05, 0.1) is 6.04 Å². The van der Waals surface area contributed by atoms with Crippen LogP contribution >= 0.6 is 11.8 Å². The smallest absolute Gasteiger partial charge is 0.326 e. The van der Waals surface area contributed by atoms with Crippen molar-refractivity contribution in [3.8, 4) is 5.75 Å². The van der Waals surface area contributed by atoms with Crippen LogP contribution in [0, 0.1) is 0 Å². The second kappa shape index (κ2) is 18.3. The maximum atomic E-state index is 13.2. The van der Waals surface area contributed by atoms with Crippen LogP contribution in [-0.4, -0.2) is 93.7 Å². The van der Waals surface area contributed by atoms with Crippen LogP contribution in [-0.2, 0) is 30.4 Å². The van der Waals surface area contributed by atoms with Gasteiger partial charge in [0.2, 0.25) is 17.7 Å². The largest absolute Gasteiger partial charge is 0.508 e. The van der Waals surface area contributed by atoms with Gasteiger partial charge in [0.1, 0.15) is 23.9 Å². The van der Waals surface area contributed by atoms with E-state index in [2.05, 4.69) is 20.9 Å². The van der Waals surface area contributed by atoms with Gasteiger partial charge in [0.15, 0.2) is 5.96 Å². The Kier molecular flexibility index (Phi) is 15.6. The highest BCUT2D eigenvalue weighted by Gasteiger charge is 2.30. The van der Waals surface area contributed by atoms with Crippen molar-refractivity contribution < 1.29 is 39.3 Å². The van der Waals surface area contributed by atoms with E-state index in [9.17, 15) is 34.2 Å². The fourth-order valence-electron chi connectivity index (χ4n) is 3.60. The van der Waals surface area contributed by atoms with Crippen molar-refractivity contribution in [2.45, 2.75) is 62.7 Å². The first kappa shape index (κ1) is 35.0. The SMILES string of the molecule is CSCCC(NC(=O)C(CCCN=C(N)N)NC(=O)C(CCC(=O)O)NC(=O)C(N)Cc1ccc(O)cc1)C(=O)O. The lowest BCUT2D eigenvalue weighted by Crippen LogP contribution is -2.57. The number of hydrogen-bond acceptors (Lipinski definition) is 9. The zero-order valence-corrected chi connectivity index (χ0v) is 23.6. The number of nitrogens with zero attached hydrogens (tertiary/aromatic N) is 1. The normalized spacial score (nSPS) is 13.6. The van der Waals surface area contributed by atoms with E-state index in [1.54, 1.807) is 18.4 Å². The summed E-state index contributed by atoms with van der Waals surface area (Å²) in [6.07, 6.45) is 1.49. The summed E-state index contributed by atoms with van der Waals surface area (Å²) in [5.41, 5.74) is 17.3. The molecule has 0 fully saturated rings. The van der Waals surface area contributed by atoms with Crippen LogP contribution in [0.4, 0.5) is 0 Å². The Hall–Kier alpha value is -4.05. The molecule has 0 aliphatic carbocycles. The van der Waals surface area contributed by atoms with E-state index in [0.717, 1.165) is 0 Å². The van der Waals surface area contributed by atoms with Gasteiger partial charge in [0, 0.05) is 13.0 Å². The quantitative estimate of drug-likeness (QED) is 0.0499. The molecule has 0 heterocycles. The molecule has 0 aliphatic rings. The number of phenols is 1. The van der Waals surface area contributed by atoms with Crippen molar-refractivity contribution in [3.05, 3.63) is 29.8 Å². The number of carboxylic acids is 2. The lowest BCUT2D eigenvalue weighted by Gasteiger charge is -2.25. The molecule has 0 bridgehead atoms. The molecule has 0 saturated carbocycles. The number of rotatable bonds is 19. The number of nitrogens with one attached hydrogen (secondary N) is 3. The van der Waals surface area contributed by atoms with Crippen LogP contribution in [0.2, 0.25) is 0 Å². The van der Waals surface area contributed by atoms with Crippen molar-refractivity contribution >= 4 is 47.4 Å². The summed E-state index contributed by atoms with van der Waals surface area (Å²) in [6, 6.07) is 1.11. The first-order valence-electron chi connectivity index (χ1n) is 12.8. The minimum atomic E-state index is -1.36. The Morgan fingerprint density at radius 2 is 1.44 bits per heavy atom. The lowest BCUT2D eigenvalue weighted by atomic mass is 10.0. The van der Waals surface area contributed by atoms with Gasteiger partial charge in [-0.1, -0.05) is 12.1 Å². The molecule has 4 atom stereocenters. The number of amides is 3. The second-order valence-corrected chi connectivity index (χ2v) is 10.1. The van der Waals surface area contributed by atoms with Crippen LogP contribution in [0.15, 0.2) is 29.3 Å². The Morgan fingerprint density at radius 1 is 0.878 bits per heavy atom. The number of guanidine groups is 1. The van der Waals surface area contributed by atoms with Crippen LogP contribution in [0.5, 0.6) is 5.75 Å². The number of aliphatic imine (C=N–C) groups is 1. The maximum absolute atomic E-state index is 13.2. The van der Waals surface area contributed by atoms with Crippen molar-refractivity contribution in [1.29, 1.82) is 0 Å². The summed E-state index contributed by atoms with van der Waals surface area (Å²) >= 11 is 1.40. The molecular weight excluding hydrogens is 558 g/mol. The maximum Gasteiger partial charge on any atom is 0.326 e. The molecule has 0 aromatic heterocycles. The van der Waals surface area contributed by atoms with Crippen molar-refractivity contribution in [3.63, 3.8) is 0 Å². The summed E-state index contributed by atoms with van der Waals surface area (Å²) in [5.74, 6) is -4.49. The predicted octanol–water partition coefficient (Wildman–Crippen LogP) is -1.53. The highest BCUT2D eigenvalue weighted by Crippen LogP contribution is 2.11. The Morgan fingerprint density at radius 3 is 1.98 bits per heavy atom. The Labute approximate surface area is 241 Å². The number of carbonyl (C=O) groups excluding carboxylic acids is 3. The first-order valence-corrected chi connectivity index (χ1v) is 14.2. The van der Waals surface area contributed by atoms with Gasteiger partial charge >= 0.3 is 11.9 Å². The van der Waals surface area contributed by atoms with E-state index in [1.807, 2.05) is 0 Å². The minimum absolute atomic E-state index is 0.0170. The zero-order valence-electron chi connectivity index (χ0n) is 22.7. The van der Waals surface area contributed by atoms with Gasteiger partial charge in [-0.05, 0) is 61.8 Å². The van der Waals surface area contributed by atoms with Crippen LogP contribution in [0.3, 0.4) is 0 Å². The van der Waals surface area contributed by atoms with E-state index >= 15 is 0 Å². The number of carbonyl (C=O) groups is 5. The van der Waals surface area contributed by atoms with E-state index in [-0.39, 0.29) is 50.4 Å². The fraction of sp³-hybridized carbons (Fsp3) is 0.520. The summed E-state index contributed by atoms with van der Waals surface area (Å²) in [4.78, 5) is 65.7. The van der Waals surface area contributed by atoms with Gasteiger partial charge in [-0.3, -0.25) is 24.2 Å². The van der Waals surface area contributed by atoms with E-state index in [0.29, 0.717) is 11.3 Å². The summed E-state index contributed by atoms with van der Waals surface area (Å²) in [5, 5.41) is 35.4. The van der Waals surface area contributed by atoms with Crippen LogP contribution < -0.4 is 33.2 Å². The summed E-state index contributed by atoms with van der Waals surface area (Å²) < 4.78 is 0. The second-order valence-electron chi connectivity index (χ2n) is 9.16. The highest BCUT2D eigenvalue weighted by atomic mass is 32.2. The molecule has 0 spiro atoms. The molecule has 0 radical (unpaired) electrons. The average Bonchev–Trinajstić information content (AvgIpc) is 2.90. The molecule has 0 aliphatic heterocycles. The molecule has 15 nitrogen and oxygen atoms in total. The third kappa shape index (κ3) is 14.2. The molecule has 228 valence electrons. The molecule has 4 unspecified atom stereocenters. The molecule has 1 aromatic rings. The van der Waals surface area contributed by atoms with E-state index in [1.165, 1.54) is 23.9 Å². The predicted molar refractivity (Wildman–Crippen MR) is 153 cm³/mol. The Bertz CT molecular complexity index is 1070. The number of carboxylic acid groups (broad SMARTS) is 2. The van der Waals surface area contributed by atoms with E-state index in [4.69, 9.17) is 22.3 Å². The standard InChI is InChI=1S/C25H39N7O8S/c1-41-12-10-19(24(39)40)32-22(37)17(3-2-11-29-25(27)28)31-23(38)18(8-9-20(34)35)30-21(36)16(26)13-14-4-6-15(33)7-5-14/h4-7,16-19,33H,2-3,8-13,26H2,1H3,(H,30,36)(H,31,38)(H,32,37)(H,34,35)(H,39,40)(H4,27,28,29).